The van der Waals surface area contributed by atoms with E-state index >= 15 is 0 Å². The SMILES string of the molecule is O=C(S)C1=C(Cc2ccccc2)CCC1. The maximum atomic E-state index is 11.3. The van der Waals surface area contributed by atoms with E-state index in [1.54, 1.807) is 0 Å². The minimum absolute atomic E-state index is 0.0431. The second-order valence-electron chi connectivity index (χ2n) is 3.90. The fourth-order valence-electron chi connectivity index (χ4n) is 2.10. The molecule has 2 rings (SSSR count). The number of thiol groups is 1. The Morgan fingerprint density at radius 2 is 1.93 bits per heavy atom. The summed E-state index contributed by atoms with van der Waals surface area (Å²) in [4.78, 5) is 11.3. The maximum absolute atomic E-state index is 11.3. The molecule has 1 aliphatic rings. The van der Waals surface area contributed by atoms with Crippen LogP contribution in [0.5, 0.6) is 0 Å². The molecule has 0 bridgehead atoms. The first-order valence-corrected chi connectivity index (χ1v) is 5.70. The van der Waals surface area contributed by atoms with Gasteiger partial charge in [0.1, 0.15) is 0 Å². The summed E-state index contributed by atoms with van der Waals surface area (Å²) < 4.78 is 0. The van der Waals surface area contributed by atoms with Crippen LogP contribution in [0.25, 0.3) is 0 Å². The van der Waals surface area contributed by atoms with Gasteiger partial charge in [-0.25, -0.2) is 0 Å². The second kappa shape index (κ2) is 4.67. The molecule has 0 aliphatic heterocycles. The fourth-order valence-corrected chi connectivity index (χ4v) is 2.37. The molecular formula is C13H14OS. The van der Waals surface area contributed by atoms with E-state index in [2.05, 4.69) is 24.8 Å². The van der Waals surface area contributed by atoms with Gasteiger partial charge in [0.2, 0.25) is 5.12 Å². The van der Waals surface area contributed by atoms with Crippen molar-refractivity contribution in [3.05, 3.63) is 47.0 Å². The Bertz CT molecular complexity index is 392. The number of carbonyl (C=O) groups excluding carboxylic acids is 1. The first-order valence-electron chi connectivity index (χ1n) is 5.25. The molecule has 0 amide bonds. The van der Waals surface area contributed by atoms with Crippen molar-refractivity contribution >= 4 is 17.7 Å². The highest BCUT2D eigenvalue weighted by Gasteiger charge is 2.18. The lowest BCUT2D eigenvalue weighted by molar-refractivity contribution is -0.107. The Morgan fingerprint density at radius 3 is 2.60 bits per heavy atom. The van der Waals surface area contributed by atoms with Gasteiger partial charge in [-0.2, -0.15) is 0 Å². The van der Waals surface area contributed by atoms with Gasteiger partial charge < -0.3 is 0 Å². The molecule has 0 heterocycles. The standard InChI is InChI=1S/C13H14OS/c14-13(15)12-8-4-7-11(12)9-10-5-2-1-3-6-10/h1-3,5-6H,4,7-9H2,(H,14,15). The molecular weight excluding hydrogens is 204 g/mol. The largest absolute Gasteiger partial charge is 0.282 e. The van der Waals surface area contributed by atoms with Gasteiger partial charge in [-0.1, -0.05) is 35.9 Å². The molecule has 0 radical (unpaired) electrons. The number of rotatable bonds is 3. The average molecular weight is 218 g/mol. The molecule has 1 nitrogen and oxygen atoms in total. The van der Waals surface area contributed by atoms with Gasteiger partial charge >= 0.3 is 0 Å². The van der Waals surface area contributed by atoms with E-state index in [9.17, 15) is 4.79 Å². The number of hydrogen-bond acceptors (Lipinski definition) is 1. The lowest BCUT2D eigenvalue weighted by Crippen LogP contribution is -1.96. The number of carbonyl (C=O) groups is 1. The zero-order chi connectivity index (χ0) is 10.7. The van der Waals surface area contributed by atoms with Gasteiger partial charge in [-0.15, -0.1) is 12.6 Å². The van der Waals surface area contributed by atoms with Gasteiger partial charge in [0, 0.05) is 5.57 Å². The van der Waals surface area contributed by atoms with Gasteiger partial charge in [-0.3, -0.25) is 4.79 Å². The monoisotopic (exact) mass is 218 g/mol. The van der Waals surface area contributed by atoms with Crippen LogP contribution in [0, 0.1) is 0 Å². The van der Waals surface area contributed by atoms with Crippen molar-refractivity contribution in [2.45, 2.75) is 25.7 Å². The lowest BCUT2D eigenvalue weighted by atomic mass is 10.0. The third-order valence-corrected chi connectivity index (χ3v) is 3.12. The highest BCUT2D eigenvalue weighted by atomic mass is 32.1. The molecule has 0 saturated carbocycles. The molecule has 0 N–H and O–H groups in total. The van der Waals surface area contributed by atoms with Crippen LogP contribution in [0.1, 0.15) is 24.8 Å². The van der Waals surface area contributed by atoms with Crippen LogP contribution in [0.15, 0.2) is 41.5 Å². The second-order valence-corrected chi connectivity index (χ2v) is 4.31. The van der Waals surface area contributed by atoms with Crippen molar-refractivity contribution in [3.8, 4) is 0 Å². The van der Waals surface area contributed by atoms with Crippen LogP contribution in [0.3, 0.4) is 0 Å². The number of allylic oxidation sites excluding steroid dienone is 1. The minimum atomic E-state index is -0.0431. The van der Waals surface area contributed by atoms with E-state index in [-0.39, 0.29) is 5.12 Å². The third kappa shape index (κ3) is 2.51. The van der Waals surface area contributed by atoms with Gasteiger partial charge in [0.15, 0.2) is 0 Å². The Hall–Kier alpha value is -1.02. The fraction of sp³-hybridized carbons (Fsp3) is 0.308. The molecule has 1 aromatic carbocycles. The smallest absolute Gasteiger partial charge is 0.212 e. The van der Waals surface area contributed by atoms with E-state index in [4.69, 9.17) is 0 Å². The summed E-state index contributed by atoms with van der Waals surface area (Å²) in [6.07, 6.45) is 3.97. The number of hydrogen-bond donors (Lipinski definition) is 1. The minimum Gasteiger partial charge on any atom is -0.282 e. The van der Waals surface area contributed by atoms with Crippen molar-refractivity contribution in [1.82, 2.24) is 0 Å². The molecule has 78 valence electrons. The van der Waals surface area contributed by atoms with Crippen LogP contribution >= 0.6 is 12.6 Å². The molecule has 0 spiro atoms. The van der Waals surface area contributed by atoms with Crippen molar-refractivity contribution in [2.24, 2.45) is 0 Å². The predicted molar refractivity (Wildman–Crippen MR) is 65.0 cm³/mol. The predicted octanol–water partition coefficient (Wildman–Crippen LogP) is 3.17. The van der Waals surface area contributed by atoms with E-state index in [0.717, 1.165) is 31.3 Å². The zero-order valence-corrected chi connectivity index (χ0v) is 9.47. The summed E-state index contributed by atoms with van der Waals surface area (Å²) >= 11 is 3.92. The van der Waals surface area contributed by atoms with Crippen molar-refractivity contribution in [1.29, 1.82) is 0 Å². The van der Waals surface area contributed by atoms with Crippen LogP contribution in [-0.4, -0.2) is 5.12 Å². The van der Waals surface area contributed by atoms with E-state index in [1.165, 1.54) is 11.1 Å². The van der Waals surface area contributed by atoms with Crippen LogP contribution in [0.2, 0.25) is 0 Å². The van der Waals surface area contributed by atoms with Crippen molar-refractivity contribution in [3.63, 3.8) is 0 Å². The summed E-state index contributed by atoms with van der Waals surface area (Å²) in [6, 6.07) is 10.3. The zero-order valence-electron chi connectivity index (χ0n) is 8.57. The summed E-state index contributed by atoms with van der Waals surface area (Å²) in [5, 5.41) is -0.0431. The summed E-state index contributed by atoms with van der Waals surface area (Å²) in [7, 11) is 0. The van der Waals surface area contributed by atoms with Crippen LogP contribution in [-0.2, 0) is 11.2 Å². The normalized spacial score (nSPS) is 15.8. The first-order chi connectivity index (χ1) is 7.27. The molecule has 0 aromatic heterocycles. The number of benzene rings is 1. The van der Waals surface area contributed by atoms with E-state index in [1.807, 2.05) is 18.2 Å². The molecule has 1 aliphatic carbocycles. The Kier molecular flexibility index (Phi) is 3.27. The summed E-state index contributed by atoms with van der Waals surface area (Å²) in [5.41, 5.74) is 3.50. The van der Waals surface area contributed by atoms with Crippen LogP contribution in [0.4, 0.5) is 0 Å². The third-order valence-electron chi connectivity index (χ3n) is 2.85. The van der Waals surface area contributed by atoms with Crippen LogP contribution < -0.4 is 0 Å². The highest BCUT2D eigenvalue weighted by molar-refractivity contribution is 7.97. The van der Waals surface area contributed by atoms with Gasteiger partial charge in [0.05, 0.1) is 0 Å². The first kappa shape index (κ1) is 10.5. The lowest BCUT2D eigenvalue weighted by Gasteiger charge is -2.04. The Morgan fingerprint density at radius 1 is 1.20 bits per heavy atom. The molecule has 0 saturated heterocycles. The average Bonchev–Trinajstić information content (AvgIpc) is 2.67. The summed E-state index contributed by atoms with van der Waals surface area (Å²) in [5.74, 6) is 0. The molecule has 1 aromatic rings. The highest BCUT2D eigenvalue weighted by Crippen LogP contribution is 2.29. The van der Waals surface area contributed by atoms with Gasteiger partial charge in [-0.05, 0) is 31.2 Å². The van der Waals surface area contributed by atoms with E-state index < -0.39 is 0 Å². The molecule has 0 unspecified atom stereocenters. The Labute approximate surface area is 95.6 Å². The summed E-state index contributed by atoms with van der Waals surface area (Å²) in [6.45, 7) is 0. The molecule has 2 heteroatoms. The molecule has 15 heavy (non-hydrogen) atoms. The topological polar surface area (TPSA) is 17.1 Å². The maximum Gasteiger partial charge on any atom is 0.212 e. The molecule has 0 atom stereocenters. The molecule has 0 fully saturated rings. The van der Waals surface area contributed by atoms with E-state index in [0.29, 0.717) is 0 Å². The van der Waals surface area contributed by atoms with Gasteiger partial charge in [0.25, 0.3) is 0 Å². The Balaban J connectivity index is 2.18. The van der Waals surface area contributed by atoms with Crippen molar-refractivity contribution < 1.29 is 4.79 Å². The van der Waals surface area contributed by atoms with Crippen molar-refractivity contribution in [2.75, 3.05) is 0 Å². The quantitative estimate of drug-likeness (QED) is 0.771.